The normalized spacial score (nSPS) is 16.1. The average molecular weight is 410 g/mol. The Morgan fingerprint density at radius 3 is 2.61 bits per heavy atom. The van der Waals surface area contributed by atoms with Crippen molar-refractivity contribution in [2.45, 2.75) is 19.8 Å². The van der Waals surface area contributed by atoms with E-state index in [0.717, 1.165) is 33.8 Å². The number of carbonyl (C=O) groups excluding carboxylic acids is 1. The van der Waals surface area contributed by atoms with Gasteiger partial charge in [-0.3, -0.25) is 4.79 Å². The summed E-state index contributed by atoms with van der Waals surface area (Å²) in [5.41, 5.74) is 5.60. The first-order valence-electron chi connectivity index (χ1n) is 10.3. The number of para-hydroxylation sites is 1. The fourth-order valence-electron chi connectivity index (χ4n) is 4.22. The number of allylic oxidation sites excluding steroid dienone is 1. The van der Waals surface area contributed by atoms with Gasteiger partial charge in [-0.25, -0.2) is 4.52 Å². The van der Waals surface area contributed by atoms with Crippen molar-refractivity contribution in [2.24, 2.45) is 5.92 Å². The Balaban J connectivity index is 1.59. The van der Waals surface area contributed by atoms with Crippen molar-refractivity contribution in [1.82, 2.24) is 19.8 Å². The van der Waals surface area contributed by atoms with Crippen molar-refractivity contribution in [2.75, 3.05) is 7.11 Å². The van der Waals surface area contributed by atoms with Crippen LogP contribution in [0.3, 0.4) is 0 Å². The zero-order chi connectivity index (χ0) is 21.4. The van der Waals surface area contributed by atoms with Crippen LogP contribution in [-0.4, -0.2) is 32.7 Å². The molecule has 4 aromatic rings. The first kappa shape index (κ1) is 19.2. The number of carbonyl (C=O) groups is 1. The fraction of sp³-hybridized carbons (Fsp3) is 0.200. The van der Waals surface area contributed by atoms with Crippen molar-refractivity contribution in [3.63, 3.8) is 0 Å². The number of ether oxygens (including phenoxy) is 1. The molecular weight excluding hydrogens is 388 g/mol. The number of rotatable bonds is 4. The van der Waals surface area contributed by atoms with Crippen molar-refractivity contribution >= 4 is 17.5 Å². The van der Waals surface area contributed by atoms with E-state index >= 15 is 0 Å². The molecule has 0 fully saturated rings. The molecule has 5 rings (SSSR count). The van der Waals surface area contributed by atoms with E-state index in [2.05, 4.69) is 34.5 Å². The van der Waals surface area contributed by atoms with Gasteiger partial charge in [0, 0.05) is 12.0 Å². The molecule has 0 amide bonds. The van der Waals surface area contributed by atoms with Gasteiger partial charge >= 0.3 is 0 Å². The monoisotopic (exact) mass is 410 g/mol. The van der Waals surface area contributed by atoms with Gasteiger partial charge in [0.05, 0.1) is 24.1 Å². The number of hydrogen-bond donors (Lipinski definition) is 0. The van der Waals surface area contributed by atoms with E-state index < -0.39 is 0 Å². The third-order valence-corrected chi connectivity index (χ3v) is 5.71. The maximum Gasteiger partial charge on any atom is 0.185 e. The van der Waals surface area contributed by atoms with Gasteiger partial charge in [0.15, 0.2) is 17.1 Å². The molecule has 0 saturated carbocycles. The molecule has 1 aliphatic rings. The molecule has 6 nitrogen and oxygen atoms in total. The lowest BCUT2D eigenvalue weighted by atomic mass is 9.88. The highest BCUT2D eigenvalue weighted by atomic mass is 16.5. The van der Waals surface area contributed by atoms with Gasteiger partial charge in [0.2, 0.25) is 0 Å². The summed E-state index contributed by atoms with van der Waals surface area (Å²) in [7, 11) is 1.65. The molecule has 1 unspecified atom stereocenters. The lowest BCUT2D eigenvalue weighted by Gasteiger charge is -2.20. The Morgan fingerprint density at radius 1 is 1.03 bits per heavy atom. The second-order valence-electron chi connectivity index (χ2n) is 7.75. The van der Waals surface area contributed by atoms with Crippen LogP contribution >= 0.6 is 0 Å². The van der Waals surface area contributed by atoms with Crippen molar-refractivity contribution in [1.29, 1.82) is 0 Å². The molecule has 0 saturated heterocycles. The molecular formula is C25H22N4O2. The Morgan fingerprint density at radius 2 is 1.81 bits per heavy atom. The molecule has 1 atom stereocenters. The minimum absolute atomic E-state index is 0.00496. The molecule has 2 aromatic heterocycles. The minimum atomic E-state index is 0.00496. The summed E-state index contributed by atoms with van der Waals surface area (Å²) in [6.45, 7) is 1.94. The number of benzene rings is 2. The third kappa shape index (κ3) is 3.40. The largest absolute Gasteiger partial charge is 0.496 e. The van der Waals surface area contributed by atoms with E-state index in [1.165, 1.54) is 0 Å². The predicted molar refractivity (Wildman–Crippen MR) is 119 cm³/mol. The van der Waals surface area contributed by atoms with E-state index in [4.69, 9.17) is 9.84 Å². The molecule has 6 heteroatoms. The number of methoxy groups -OCH3 is 1. The van der Waals surface area contributed by atoms with Gasteiger partial charge in [0.1, 0.15) is 5.75 Å². The van der Waals surface area contributed by atoms with Gasteiger partial charge in [-0.05, 0) is 30.9 Å². The SMILES string of the molecule is COc1ccccc1-c1c(C)nn2c3c(nnc12)C(=O)CC(/C=C/c1ccccc1)C3. The van der Waals surface area contributed by atoms with Gasteiger partial charge in [0.25, 0.3) is 0 Å². The Bertz CT molecular complexity index is 1310. The highest BCUT2D eigenvalue weighted by molar-refractivity contribution is 5.97. The zero-order valence-corrected chi connectivity index (χ0v) is 17.4. The number of Topliss-reactive ketones (excluding diaryl/α,β-unsaturated/α-hetero) is 1. The molecule has 31 heavy (non-hydrogen) atoms. The third-order valence-electron chi connectivity index (χ3n) is 5.71. The maximum absolute atomic E-state index is 12.8. The van der Waals surface area contributed by atoms with E-state index in [1.54, 1.807) is 11.6 Å². The topological polar surface area (TPSA) is 69.4 Å². The van der Waals surface area contributed by atoms with Crippen LogP contribution in [0.15, 0.2) is 60.7 Å². The van der Waals surface area contributed by atoms with Crippen LogP contribution in [0.1, 0.15) is 33.9 Å². The summed E-state index contributed by atoms with van der Waals surface area (Å²) in [6, 6.07) is 17.9. The quantitative estimate of drug-likeness (QED) is 0.493. The summed E-state index contributed by atoms with van der Waals surface area (Å²) >= 11 is 0. The second kappa shape index (κ2) is 7.80. The van der Waals surface area contributed by atoms with Crippen LogP contribution in [-0.2, 0) is 6.42 Å². The van der Waals surface area contributed by atoms with Crippen LogP contribution in [0, 0.1) is 12.8 Å². The molecule has 154 valence electrons. The van der Waals surface area contributed by atoms with Gasteiger partial charge in [-0.1, -0.05) is 60.7 Å². The number of fused-ring (bicyclic) bond motifs is 3. The van der Waals surface area contributed by atoms with Gasteiger partial charge in [-0.2, -0.15) is 5.10 Å². The van der Waals surface area contributed by atoms with Crippen LogP contribution < -0.4 is 4.74 Å². The molecule has 2 heterocycles. The van der Waals surface area contributed by atoms with Gasteiger partial charge < -0.3 is 4.74 Å². The van der Waals surface area contributed by atoms with E-state index in [9.17, 15) is 4.79 Å². The summed E-state index contributed by atoms with van der Waals surface area (Å²) in [5.74, 6) is 0.844. The van der Waals surface area contributed by atoms with E-state index in [1.807, 2.05) is 49.4 Å². The Labute approximate surface area is 180 Å². The summed E-state index contributed by atoms with van der Waals surface area (Å²) in [4.78, 5) is 12.8. The van der Waals surface area contributed by atoms with Crippen LogP contribution in [0.25, 0.3) is 22.9 Å². The molecule has 0 bridgehead atoms. The zero-order valence-electron chi connectivity index (χ0n) is 17.4. The number of ketones is 1. The predicted octanol–water partition coefficient (Wildman–Crippen LogP) is 4.57. The highest BCUT2D eigenvalue weighted by Gasteiger charge is 2.30. The minimum Gasteiger partial charge on any atom is -0.496 e. The second-order valence-corrected chi connectivity index (χ2v) is 7.75. The number of aryl methyl sites for hydroxylation is 1. The summed E-state index contributed by atoms with van der Waals surface area (Å²) < 4.78 is 7.34. The first-order valence-corrected chi connectivity index (χ1v) is 10.3. The number of hydrogen-bond acceptors (Lipinski definition) is 5. The van der Waals surface area contributed by atoms with Gasteiger partial charge in [-0.15, -0.1) is 10.2 Å². The molecule has 2 aromatic carbocycles. The Hall–Kier alpha value is -3.80. The summed E-state index contributed by atoms with van der Waals surface area (Å²) in [5, 5.41) is 13.5. The lowest BCUT2D eigenvalue weighted by molar-refractivity contribution is 0.0950. The lowest BCUT2D eigenvalue weighted by Crippen LogP contribution is -2.24. The number of nitrogens with zero attached hydrogens (tertiary/aromatic N) is 4. The fourth-order valence-corrected chi connectivity index (χ4v) is 4.22. The summed E-state index contributed by atoms with van der Waals surface area (Å²) in [6.07, 6.45) is 5.29. The molecule has 1 aliphatic carbocycles. The van der Waals surface area contributed by atoms with Crippen LogP contribution in [0.2, 0.25) is 0 Å². The Kier molecular flexibility index (Phi) is 4.82. The van der Waals surface area contributed by atoms with Crippen LogP contribution in [0.4, 0.5) is 0 Å². The van der Waals surface area contributed by atoms with Crippen molar-refractivity contribution < 1.29 is 9.53 Å². The smallest absolute Gasteiger partial charge is 0.185 e. The average Bonchev–Trinajstić information content (AvgIpc) is 3.14. The standard InChI is InChI=1S/C25H22N4O2/c1-16-23(19-10-6-7-11-22(19)31-2)25-27-26-24-20(29(25)28-16)14-18(15-21(24)30)13-12-17-8-4-3-5-9-17/h3-13,18H,14-15H2,1-2H3/b13-12+. The molecule has 0 spiro atoms. The first-order chi connectivity index (χ1) is 15.2. The molecule has 0 radical (unpaired) electrons. The highest BCUT2D eigenvalue weighted by Crippen LogP contribution is 2.35. The maximum atomic E-state index is 12.8. The number of aromatic nitrogens is 4. The van der Waals surface area contributed by atoms with E-state index in [0.29, 0.717) is 24.2 Å². The van der Waals surface area contributed by atoms with Crippen molar-refractivity contribution in [3.8, 4) is 16.9 Å². The van der Waals surface area contributed by atoms with Crippen LogP contribution in [0.5, 0.6) is 5.75 Å². The molecule has 0 aliphatic heterocycles. The molecule has 0 N–H and O–H groups in total. The van der Waals surface area contributed by atoms with E-state index in [-0.39, 0.29) is 11.7 Å². The van der Waals surface area contributed by atoms with Crippen molar-refractivity contribution in [3.05, 3.63) is 83.3 Å².